The number of benzene rings is 2. The van der Waals surface area contributed by atoms with Crippen molar-refractivity contribution in [3.8, 4) is 17.1 Å². The van der Waals surface area contributed by atoms with Crippen molar-refractivity contribution in [2.75, 3.05) is 44.7 Å². The number of fused-ring (bicyclic) bond motifs is 1. The Morgan fingerprint density at radius 3 is 2.55 bits per heavy atom. The maximum absolute atomic E-state index is 12.9. The van der Waals surface area contributed by atoms with Gasteiger partial charge in [-0.15, -0.1) is 0 Å². The van der Waals surface area contributed by atoms with Crippen LogP contribution in [0.25, 0.3) is 11.1 Å². The first-order valence-electron chi connectivity index (χ1n) is 11.5. The van der Waals surface area contributed by atoms with Crippen LogP contribution in [-0.2, 0) is 11.2 Å². The number of anilines is 1. The molecule has 1 amide bonds. The highest BCUT2D eigenvalue weighted by Gasteiger charge is 2.25. The van der Waals surface area contributed by atoms with E-state index >= 15 is 0 Å². The first-order chi connectivity index (χ1) is 16.2. The number of carbonyl (C=O) groups is 1. The van der Waals surface area contributed by atoms with Crippen LogP contribution in [0.2, 0.25) is 0 Å². The third-order valence-electron chi connectivity index (χ3n) is 6.63. The predicted molar refractivity (Wildman–Crippen MR) is 128 cm³/mol. The molecule has 2 aromatic carbocycles. The minimum Gasteiger partial charge on any atom is -0.467 e. The lowest BCUT2D eigenvalue weighted by Gasteiger charge is -2.37. The molecule has 1 aromatic heterocycles. The van der Waals surface area contributed by atoms with Crippen LogP contribution in [0, 0.1) is 0 Å². The lowest BCUT2D eigenvalue weighted by Crippen LogP contribution is -2.51. The molecule has 2 aliphatic rings. The highest BCUT2D eigenvalue weighted by atomic mass is 16.5. The van der Waals surface area contributed by atoms with Crippen LogP contribution in [-0.4, -0.2) is 60.6 Å². The van der Waals surface area contributed by atoms with Crippen molar-refractivity contribution in [3.05, 3.63) is 72.1 Å². The minimum absolute atomic E-state index is 0.177. The highest BCUT2D eigenvalue weighted by molar-refractivity contribution is 5.80. The molecule has 2 heterocycles. The van der Waals surface area contributed by atoms with E-state index in [1.54, 1.807) is 19.5 Å². The number of aromatic nitrogens is 2. The van der Waals surface area contributed by atoms with Gasteiger partial charge in [-0.2, -0.15) is 0 Å². The van der Waals surface area contributed by atoms with Crippen LogP contribution >= 0.6 is 0 Å². The number of hydrogen-bond acceptors (Lipinski definition) is 6. The summed E-state index contributed by atoms with van der Waals surface area (Å²) in [5, 5.41) is 3.49. The summed E-state index contributed by atoms with van der Waals surface area (Å²) in [6.07, 6.45) is 5.72. The van der Waals surface area contributed by atoms with E-state index in [0.29, 0.717) is 12.6 Å². The number of piperazine rings is 1. The van der Waals surface area contributed by atoms with E-state index < -0.39 is 0 Å². The van der Waals surface area contributed by atoms with E-state index in [-0.39, 0.29) is 11.9 Å². The second-order valence-corrected chi connectivity index (χ2v) is 8.51. The maximum Gasteiger partial charge on any atom is 0.316 e. The minimum atomic E-state index is 0.177. The average Bonchev–Trinajstić information content (AvgIpc) is 3.30. The van der Waals surface area contributed by atoms with Crippen molar-refractivity contribution >= 4 is 11.6 Å². The third kappa shape index (κ3) is 4.54. The predicted octanol–water partition coefficient (Wildman–Crippen LogP) is 3.08. The van der Waals surface area contributed by atoms with Gasteiger partial charge in [0.05, 0.1) is 13.7 Å². The molecule has 1 fully saturated rings. The molecule has 33 heavy (non-hydrogen) atoms. The molecule has 1 saturated heterocycles. The fraction of sp³-hybridized carbons (Fsp3) is 0.346. The molecule has 0 saturated carbocycles. The van der Waals surface area contributed by atoms with Crippen LogP contribution in [0.4, 0.5) is 5.69 Å². The van der Waals surface area contributed by atoms with Gasteiger partial charge in [0.1, 0.15) is 0 Å². The van der Waals surface area contributed by atoms with Gasteiger partial charge in [0.15, 0.2) is 0 Å². The van der Waals surface area contributed by atoms with E-state index in [2.05, 4.69) is 56.6 Å². The number of nitrogens with one attached hydrogen (secondary N) is 1. The maximum atomic E-state index is 12.9. The van der Waals surface area contributed by atoms with Crippen LogP contribution in [0.3, 0.4) is 0 Å². The summed E-state index contributed by atoms with van der Waals surface area (Å²) in [7, 11) is 1.56. The van der Waals surface area contributed by atoms with Gasteiger partial charge in [-0.05, 0) is 30.0 Å². The number of rotatable bonds is 6. The molecule has 5 rings (SSSR count). The van der Waals surface area contributed by atoms with Gasteiger partial charge in [-0.3, -0.25) is 4.79 Å². The summed E-state index contributed by atoms with van der Waals surface area (Å²) in [6, 6.07) is 17.4. The lowest BCUT2D eigenvalue weighted by atomic mass is 10.1. The molecule has 3 aromatic rings. The van der Waals surface area contributed by atoms with E-state index in [1.807, 2.05) is 17.0 Å². The SMILES string of the molecule is COc1ncc(-c2ccccc2N2CCN(C(=O)CN[C@H]3CCc4ccccc43)CC2)cn1. The lowest BCUT2D eigenvalue weighted by molar-refractivity contribution is -0.130. The first-order valence-corrected chi connectivity index (χ1v) is 11.5. The van der Waals surface area contributed by atoms with Crippen LogP contribution < -0.4 is 15.0 Å². The summed E-state index contributed by atoms with van der Waals surface area (Å²) in [6.45, 7) is 3.42. The molecule has 0 spiro atoms. The zero-order valence-electron chi connectivity index (χ0n) is 18.9. The quantitative estimate of drug-likeness (QED) is 0.631. The molecule has 7 heteroatoms. The normalized spacial score (nSPS) is 17.7. The van der Waals surface area contributed by atoms with Crippen molar-refractivity contribution in [2.24, 2.45) is 0 Å². The standard InChI is InChI=1S/C26H29N5O2/c1-33-26-28-16-20(17-29-26)22-8-4-5-9-24(22)30-12-14-31(15-13-30)25(32)18-27-23-11-10-19-6-2-3-7-21(19)23/h2-9,16-17,23,27H,10-15,18H2,1H3/t23-/m0/s1. The van der Waals surface area contributed by atoms with Gasteiger partial charge in [0, 0.05) is 61.4 Å². The molecule has 1 aliphatic heterocycles. The largest absolute Gasteiger partial charge is 0.467 e. The molecule has 170 valence electrons. The van der Waals surface area contributed by atoms with Crippen molar-refractivity contribution < 1.29 is 9.53 Å². The summed E-state index contributed by atoms with van der Waals surface area (Å²) in [5.41, 5.74) is 5.91. The number of aryl methyl sites for hydroxylation is 1. The van der Waals surface area contributed by atoms with E-state index in [9.17, 15) is 4.79 Å². The zero-order chi connectivity index (χ0) is 22.6. The Balaban J connectivity index is 1.19. The summed E-state index contributed by atoms with van der Waals surface area (Å²) < 4.78 is 5.08. The molecule has 7 nitrogen and oxygen atoms in total. The first kappa shape index (κ1) is 21.4. The Bertz CT molecular complexity index is 1110. The number of methoxy groups -OCH3 is 1. The van der Waals surface area contributed by atoms with Crippen molar-refractivity contribution in [3.63, 3.8) is 0 Å². The fourth-order valence-electron chi connectivity index (χ4n) is 4.84. The Labute approximate surface area is 194 Å². The molecule has 1 aliphatic carbocycles. The Morgan fingerprint density at radius 1 is 1.03 bits per heavy atom. The number of ether oxygens (including phenoxy) is 1. The van der Waals surface area contributed by atoms with Gasteiger partial charge in [0.2, 0.25) is 5.91 Å². The molecular weight excluding hydrogens is 414 g/mol. The molecule has 1 atom stereocenters. The van der Waals surface area contributed by atoms with E-state index in [0.717, 1.165) is 55.8 Å². The van der Waals surface area contributed by atoms with Crippen LogP contribution in [0.5, 0.6) is 6.01 Å². The number of nitrogens with zero attached hydrogens (tertiary/aromatic N) is 4. The topological polar surface area (TPSA) is 70.6 Å². The Kier molecular flexibility index (Phi) is 6.21. The van der Waals surface area contributed by atoms with Gasteiger partial charge in [-0.25, -0.2) is 9.97 Å². The molecule has 1 N–H and O–H groups in total. The molecule has 0 unspecified atom stereocenters. The zero-order valence-corrected chi connectivity index (χ0v) is 18.9. The van der Waals surface area contributed by atoms with E-state index in [1.165, 1.54) is 11.1 Å². The molecular formula is C26H29N5O2. The van der Waals surface area contributed by atoms with E-state index in [4.69, 9.17) is 4.74 Å². The van der Waals surface area contributed by atoms with Crippen molar-refractivity contribution in [2.45, 2.75) is 18.9 Å². The highest BCUT2D eigenvalue weighted by Crippen LogP contribution is 2.32. The summed E-state index contributed by atoms with van der Waals surface area (Å²) in [4.78, 5) is 25.7. The monoisotopic (exact) mass is 443 g/mol. The van der Waals surface area contributed by atoms with Gasteiger partial charge >= 0.3 is 6.01 Å². The molecule has 0 radical (unpaired) electrons. The summed E-state index contributed by atoms with van der Waals surface area (Å²) in [5.74, 6) is 0.177. The second kappa shape index (κ2) is 9.58. The number of carbonyl (C=O) groups excluding carboxylic acids is 1. The second-order valence-electron chi connectivity index (χ2n) is 8.51. The Hall–Kier alpha value is -3.45. The smallest absolute Gasteiger partial charge is 0.316 e. The average molecular weight is 444 g/mol. The van der Waals surface area contributed by atoms with Gasteiger partial charge in [0.25, 0.3) is 0 Å². The summed E-state index contributed by atoms with van der Waals surface area (Å²) >= 11 is 0. The molecule has 0 bridgehead atoms. The van der Waals surface area contributed by atoms with Gasteiger partial charge < -0.3 is 19.9 Å². The van der Waals surface area contributed by atoms with Gasteiger partial charge in [-0.1, -0.05) is 42.5 Å². The van der Waals surface area contributed by atoms with Crippen molar-refractivity contribution in [1.82, 2.24) is 20.2 Å². The third-order valence-corrected chi connectivity index (χ3v) is 6.63. The van der Waals surface area contributed by atoms with Crippen LogP contribution in [0.1, 0.15) is 23.6 Å². The fourth-order valence-corrected chi connectivity index (χ4v) is 4.84. The van der Waals surface area contributed by atoms with Crippen molar-refractivity contribution in [1.29, 1.82) is 0 Å². The Morgan fingerprint density at radius 2 is 1.76 bits per heavy atom. The van der Waals surface area contributed by atoms with Crippen LogP contribution in [0.15, 0.2) is 60.9 Å². The number of para-hydroxylation sites is 1. The number of amides is 1. The number of hydrogen-bond donors (Lipinski definition) is 1.